The van der Waals surface area contributed by atoms with E-state index in [-0.39, 0.29) is 0 Å². The Balaban J connectivity index is 1.67. The molecule has 0 aromatic heterocycles. The van der Waals surface area contributed by atoms with Gasteiger partial charge < -0.3 is 0 Å². The second kappa shape index (κ2) is 3.36. The molecule has 0 heterocycles. The quantitative estimate of drug-likeness (QED) is 0.656. The van der Waals surface area contributed by atoms with E-state index >= 15 is 0 Å². The van der Waals surface area contributed by atoms with Gasteiger partial charge in [-0.25, -0.2) is 0 Å². The fraction of sp³-hybridized carbons (Fsp3) is 0.923. The van der Waals surface area contributed by atoms with Crippen molar-refractivity contribution in [2.75, 3.05) is 0 Å². The Labute approximate surface area is 86.3 Å². The van der Waals surface area contributed by atoms with Gasteiger partial charge in [-0.1, -0.05) is 19.3 Å². The van der Waals surface area contributed by atoms with E-state index in [2.05, 4.69) is 0 Å². The van der Waals surface area contributed by atoms with Crippen molar-refractivity contribution in [3.63, 3.8) is 0 Å². The summed E-state index contributed by atoms with van der Waals surface area (Å²) < 4.78 is 0. The van der Waals surface area contributed by atoms with Crippen molar-refractivity contribution in [1.82, 2.24) is 0 Å². The van der Waals surface area contributed by atoms with Crippen LogP contribution >= 0.6 is 0 Å². The number of ketones is 1. The highest BCUT2D eigenvalue weighted by Gasteiger charge is 2.44. The highest BCUT2D eigenvalue weighted by atomic mass is 16.1. The Morgan fingerprint density at radius 2 is 1.71 bits per heavy atom. The maximum absolute atomic E-state index is 12.2. The molecular formula is C13H20O. The van der Waals surface area contributed by atoms with Crippen molar-refractivity contribution >= 4 is 5.78 Å². The summed E-state index contributed by atoms with van der Waals surface area (Å²) in [6.45, 7) is 0. The van der Waals surface area contributed by atoms with Crippen LogP contribution in [0.1, 0.15) is 51.4 Å². The molecule has 78 valence electrons. The van der Waals surface area contributed by atoms with E-state index in [1.165, 1.54) is 51.4 Å². The third kappa shape index (κ3) is 1.32. The molecule has 3 atom stereocenters. The minimum Gasteiger partial charge on any atom is -0.299 e. The van der Waals surface area contributed by atoms with Crippen LogP contribution in [0.5, 0.6) is 0 Å². The van der Waals surface area contributed by atoms with Gasteiger partial charge in [-0.15, -0.1) is 0 Å². The summed E-state index contributed by atoms with van der Waals surface area (Å²) in [5, 5.41) is 0. The van der Waals surface area contributed by atoms with Crippen LogP contribution in [0.15, 0.2) is 0 Å². The second-order valence-electron chi connectivity index (χ2n) is 5.67. The number of rotatable bonds is 2. The first-order valence-electron chi connectivity index (χ1n) is 6.38. The zero-order valence-corrected chi connectivity index (χ0v) is 8.87. The molecule has 14 heavy (non-hydrogen) atoms. The van der Waals surface area contributed by atoms with Gasteiger partial charge in [0, 0.05) is 11.8 Å². The highest BCUT2D eigenvalue weighted by molar-refractivity contribution is 5.84. The van der Waals surface area contributed by atoms with Crippen molar-refractivity contribution in [3.05, 3.63) is 0 Å². The monoisotopic (exact) mass is 192 g/mol. The average Bonchev–Trinajstić information content (AvgIpc) is 2.93. The van der Waals surface area contributed by atoms with Gasteiger partial charge in [0.05, 0.1) is 0 Å². The van der Waals surface area contributed by atoms with Crippen LogP contribution in [0, 0.1) is 23.7 Å². The van der Waals surface area contributed by atoms with Crippen molar-refractivity contribution in [2.45, 2.75) is 51.4 Å². The first-order valence-corrected chi connectivity index (χ1v) is 6.38. The predicted octanol–water partition coefficient (Wildman–Crippen LogP) is 3.18. The maximum atomic E-state index is 12.2. The minimum atomic E-state index is 0.472. The van der Waals surface area contributed by atoms with E-state index in [1.54, 1.807) is 0 Å². The Hall–Kier alpha value is -0.330. The van der Waals surface area contributed by atoms with E-state index in [0.717, 1.165) is 11.8 Å². The zero-order valence-electron chi connectivity index (χ0n) is 8.87. The lowest BCUT2D eigenvalue weighted by molar-refractivity contribution is -0.128. The van der Waals surface area contributed by atoms with Gasteiger partial charge >= 0.3 is 0 Å². The lowest BCUT2D eigenvalue weighted by Gasteiger charge is -2.23. The molecule has 1 heteroatoms. The van der Waals surface area contributed by atoms with E-state index in [4.69, 9.17) is 0 Å². The molecule has 3 saturated carbocycles. The van der Waals surface area contributed by atoms with Gasteiger partial charge in [-0.3, -0.25) is 4.79 Å². The molecule has 1 nitrogen and oxygen atoms in total. The van der Waals surface area contributed by atoms with E-state index in [9.17, 15) is 4.79 Å². The summed E-state index contributed by atoms with van der Waals surface area (Å²) in [6, 6.07) is 0. The molecule has 0 aromatic carbocycles. The molecule has 0 aliphatic heterocycles. The van der Waals surface area contributed by atoms with Crippen molar-refractivity contribution < 1.29 is 4.79 Å². The molecule has 0 spiro atoms. The molecule has 0 radical (unpaired) electrons. The van der Waals surface area contributed by atoms with Gasteiger partial charge in [-0.05, 0) is 43.9 Å². The lowest BCUT2D eigenvalue weighted by Crippen LogP contribution is -2.26. The summed E-state index contributed by atoms with van der Waals surface area (Å²) >= 11 is 0. The van der Waals surface area contributed by atoms with Gasteiger partial charge in [0.15, 0.2) is 0 Å². The number of carbonyl (C=O) groups is 1. The van der Waals surface area contributed by atoms with Crippen LogP contribution in [0.3, 0.4) is 0 Å². The van der Waals surface area contributed by atoms with Crippen molar-refractivity contribution in [3.8, 4) is 0 Å². The molecule has 0 N–H and O–H groups in total. The number of fused-ring (bicyclic) bond motifs is 2. The van der Waals surface area contributed by atoms with E-state index in [0.29, 0.717) is 17.6 Å². The molecule has 0 aromatic rings. The molecule has 3 aliphatic rings. The standard InChI is InChI=1S/C13H20O/c14-13(10-3-1-2-4-10)12-8-9-5-6-11(12)7-9/h9-12H,1-8H2. The Bertz CT molecular complexity index is 240. The Kier molecular flexibility index (Phi) is 2.14. The Morgan fingerprint density at radius 1 is 0.929 bits per heavy atom. The molecule has 2 bridgehead atoms. The summed E-state index contributed by atoms with van der Waals surface area (Å²) in [5.41, 5.74) is 0. The lowest BCUT2D eigenvalue weighted by atomic mass is 9.80. The van der Waals surface area contributed by atoms with Crippen LogP contribution in [0.2, 0.25) is 0 Å². The SMILES string of the molecule is O=C(C1CCCC1)C1CC2CCC1C2. The fourth-order valence-corrected chi connectivity index (χ4v) is 4.11. The number of Topliss-reactive ketones (excluding diaryl/α,β-unsaturated/α-hetero) is 1. The van der Waals surface area contributed by atoms with Gasteiger partial charge in [0.1, 0.15) is 5.78 Å². The van der Waals surface area contributed by atoms with Crippen LogP contribution < -0.4 is 0 Å². The first kappa shape index (κ1) is 8.94. The predicted molar refractivity (Wildman–Crippen MR) is 55.9 cm³/mol. The minimum absolute atomic E-state index is 0.472. The second-order valence-corrected chi connectivity index (χ2v) is 5.67. The molecule has 3 fully saturated rings. The smallest absolute Gasteiger partial charge is 0.139 e. The summed E-state index contributed by atoms with van der Waals surface area (Å²) in [4.78, 5) is 12.2. The zero-order chi connectivity index (χ0) is 9.54. The molecule has 3 aliphatic carbocycles. The van der Waals surface area contributed by atoms with Gasteiger partial charge in [-0.2, -0.15) is 0 Å². The highest BCUT2D eigenvalue weighted by Crippen LogP contribution is 2.50. The Morgan fingerprint density at radius 3 is 2.29 bits per heavy atom. The normalized spacial score (nSPS) is 42.1. The number of carbonyl (C=O) groups excluding carboxylic acids is 1. The fourth-order valence-electron chi connectivity index (χ4n) is 4.11. The first-order chi connectivity index (χ1) is 6.84. The molecule has 0 amide bonds. The van der Waals surface area contributed by atoms with Crippen LogP contribution in [0.4, 0.5) is 0 Å². The maximum Gasteiger partial charge on any atom is 0.139 e. The van der Waals surface area contributed by atoms with Crippen molar-refractivity contribution in [1.29, 1.82) is 0 Å². The molecular weight excluding hydrogens is 172 g/mol. The molecule has 3 rings (SSSR count). The number of hydrogen-bond donors (Lipinski definition) is 0. The van der Waals surface area contributed by atoms with E-state index < -0.39 is 0 Å². The summed E-state index contributed by atoms with van der Waals surface area (Å²) in [7, 11) is 0. The summed E-state index contributed by atoms with van der Waals surface area (Å²) in [5.74, 6) is 3.36. The third-order valence-electron chi connectivity index (χ3n) is 4.86. The average molecular weight is 192 g/mol. The largest absolute Gasteiger partial charge is 0.299 e. The van der Waals surface area contributed by atoms with Gasteiger partial charge in [0.25, 0.3) is 0 Å². The third-order valence-corrected chi connectivity index (χ3v) is 4.86. The van der Waals surface area contributed by atoms with E-state index in [1.807, 2.05) is 0 Å². The molecule has 3 unspecified atom stereocenters. The summed E-state index contributed by atoms with van der Waals surface area (Å²) in [6.07, 6.45) is 10.4. The topological polar surface area (TPSA) is 17.1 Å². The van der Waals surface area contributed by atoms with Crippen LogP contribution in [-0.2, 0) is 4.79 Å². The van der Waals surface area contributed by atoms with Gasteiger partial charge in [0.2, 0.25) is 0 Å². The van der Waals surface area contributed by atoms with Crippen LogP contribution in [-0.4, -0.2) is 5.78 Å². The van der Waals surface area contributed by atoms with Crippen molar-refractivity contribution in [2.24, 2.45) is 23.7 Å². The number of hydrogen-bond acceptors (Lipinski definition) is 1. The molecule has 0 saturated heterocycles. The van der Waals surface area contributed by atoms with Crippen LogP contribution in [0.25, 0.3) is 0 Å².